The molecule has 4 nitrogen and oxygen atoms in total. The predicted molar refractivity (Wildman–Crippen MR) is 101 cm³/mol. The molecule has 1 heterocycles. The number of carbonyl (C=O) groups is 1. The van der Waals surface area contributed by atoms with E-state index < -0.39 is 0 Å². The first-order valence-corrected chi connectivity index (χ1v) is 9.14. The number of ether oxygens (including phenoxy) is 1. The lowest BCUT2D eigenvalue weighted by Gasteiger charge is -2.32. The Hall–Kier alpha value is -2.40. The molecule has 0 spiro atoms. The van der Waals surface area contributed by atoms with Crippen LogP contribution in [0.25, 0.3) is 0 Å². The molecule has 138 valence electrons. The van der Waals surface area contributed by atoms with Gasteiger partial charge in [0.1, 0.15) is 11.6 Å². The second-order valence-corrected chi connectivity index (χ2v) is 6.65. The van der Waals surface area contributed by atoms with Crippen molar-refractivity contribution in [2.45, 2.75) is 26.3 Å². The van der Waals surface area contributed by atoms with Crippen LogP contribution in [0.1, 0.15) is 25.3 Å². The molecule has 1 aliphatic rings. The van der Waals surface area contributed by atoms with Crippen LogP contribution in [0.3, 0.4) is 0 Å². The molecule has 0 bridgehead atoms. The fourth-order valence-corrected chi connectivity index (χ4v) is 3.31. The van der Waals surface area contributed by atoms with Crippen molar-refractivity contribution in [3.63, 3.8) is 0 Å². The van der Waals surface area contributed by atoms with E-state index in [-0.39, 0.29) is 17.6 Å². The molecule has 2 aromatic carbocycles. The maximum Gasteiger partial charge on any atom is 0.228 e. The van der Waals surface area contributed by atoms with Crippen LogP contribution in [0.15, 0.2) is 48.5 Å². The normalized spacial score (nSPS) is 17.7. The number of nitrogens with one attached hydrogen (secondary N) is 1. The SMILES string of the molecule is CCOc1ccc(NC(=O)[C@@H]2CCCN(Cc3ccc(F)cc3)C2)cc1. The van der Waals surface area contributed by atoms with Crippen LogP contribution in [0, 0.1) is 11.7 Å². The van der Waals surface area contributed by atoms with Crippen molar-refractivity contribution in [2.75, 3.05) is 25.0 Å². The van der Waals surface area contributed by atoms with Gasteiger partial charge in [0.2, 0.25) is 5.91 Å². The summed E-state index contributed by atoms with van der Waals surface area (Å²) in [5, 5.41) is 3.00. The molecule has 0 saturated carbocycles. The summed E-state index contributed by atoms with van der Waals surface area (Å²) in [6.45, 7) is 4.99. The number of nitrogens with zero attached hydrogens (tertiary/aromatic N) is 1. The van der Waals surface area contributed by atoms with Crippen LogP contribution in [-0.2, 0) is 11.3 Å². The summed E-state index contributed by atoms with van der Waals surface area (Å²) in [6.07, 6.45) is 1.88. The molecule has 26 heavy (non-hydrogen) atoms. The first-order chi connectivity index (χ1) is 12.6. The number of piperidine rings is 1. The number of hydrogen-bond acceptors (Lipinski definition) is 3. The van der Waals surface area contributed by atoms with Crippen molar-refractivity contribution in [1.82, 2.24) is 4.90 Å². The van der Waals surface area contributed by atoms with Crippen LogP contribution in [0.2, 0.25) is 0 Å². The number of rotatable bonds is 6. The maximum atomic E-state index is 13.0. The third kappa shape index (κ3) is 5.05. The lowest BCUT2D eigenvalue weighted by Crippen LogP contribution is -2.40. The summed E-state index contributed by atoms with van der Waals surface area (Å²) in [5.74, 6) is 0.599. The van der Waals surface area contributed by atoms with Gasteiger partial charge in [0.15, 0.2) is 0 Å². The average molecular weight is 356 g/mol. The second-order valence-electron chi connectivity index (χ2n) is 6.65. The van der Waals surface area contributed by atoms with E-state index in [1.54, 1.807) is 12.1 Å². The Balaban J connectivity index is 1.54. The van der Waals surface area contributed by atoms with Crippen molar-refractivity contribution in [2.24, 2.45) is 5.92 Å². The monoisotopic (exact) mass is 356 g/mol. The molecule has 1 aliphatic heterocycles. The molecule has 1 N–H and O–H groups in total. The quantitative estimate of drug-likeness (QED) is 0.848. The van der Waals surface area contributed by atoms with Crippen molar-refractivity contribution >= 4 is 11.6 Å². The van der Waals surface area contributed by atoms with Gasteiger partial charge in [0, 0.05) is 18.8 Å². The molecule has 1 fully saturated rings. The molecule has 0 aliphatic carbocycles. The van der Waals surface area contributed by atoms with E-state index in [4.69, 9.17) is 4.74 Å². The smallest absolute Gasteiger partial charge is 0.228 e. The molecule has 3 rings (SSSR count). The van der Waals surface area contributed by atoms with Crippen molar-refractivity contribution < 1.29 is 13.9 Å². The van der Waals surface area contributed by atoms with E-state index in [1.165, 1.54) is 12.1 Å². The zero-order valence-electron chi connectivity index (χ0n) is 15.1. The zero-order valence-corrected chi connectivity index (χ0v) is 15.1. The Bertz CT molecular complexity index is 716. The fraction of sp³-hybridized carbons (Fsp3) is 0.381. The number of hydrogen-bond donors (Lipinski definition) is 1. The molecule has 1 amide bonds. The van der Waals surface area contributed by atoms with Gasteiger partial charge < -0.3 is 10.1 Å². The van der Waals surface area contributed by atoms with Crippen molar-refractivity contribution in [3.05, 3.63) is 59.9 Å². The van der Waals surface area contributed by atoms with Crippen LogP contribution in [-0.4, -0.2) is 30.5 Å². The van der Waals surface area contributed by atoms with Gasteiger partial charge in [-0.25, -0.2) is 4.39 Å². The van der Waals surface area contributed by atoms with Gasteiger partial charge in [-0.3, -0.25) is 9.69 Å². The van der Waals surface area contributed by atoms with Gasteiger partial charge in [-0.2, -0.15) is 0 Å². The van der Waals surface area contributed by atoms with Crippen molar-refractivity contribution in [3.8, 4) is 5.75 Å². The van der Waals surface area contributed by atoms with Crippen LogP contribution >= 0.6 is 0 Å². The van der Waals surface area contributed by atoms with Crippen LogP contribution < -0.4 is 10.1 Å². The number of carbonyl (C=O) groups excluding carboxylic acids is 1. The Morgan fingerprint density at radius 1 is 1.19 bits per heavy atom. The molecule has 2 aromatic rings. The Labute approximate surface area is 154 Å². The zero-order chi connectivity index (χ0) is 18.4. The number of amides is 1. The van der Waals surface area contributed by atoms with Crippen LogP contribution in [0.4, 0.5) is 10.1 Å². The van der Waals surface area contributed by atoms with Gasteiger partial charge in [-0.1, -0.05) is 12.1 Å². The highest BCUT2D eigenvalue weighted by Crippen LogP contribution is 2.22. The number of halogens is 1. The topological polar surface area (TPSA) is 41.6 Å². The highest BCUT2D eigenvalue weighted by Gasteiger charge is 2.25. The Morgan fingerprint density at radius 2 is 1.92 bits per heavy atom. The largest absolute Gasteiger partial charge is 0.494 e. The van der Waals surface area contributed by atoms with Gasteiger partial charge >= 0.3 is 0 Å². The van der Waals surface area contributed by atoms with Crippen molar-refractivity contribution in [1.29, 1.82) is 0 Å². The minimum atomic E-state index is -0.222. The van der Waals surface area contributed by atoms with E-state index in [0.717, 1.165) is 49.5 Å². The summed E-state index contributed by atoms with van der Waals surface area (Å²) in [5.41, 5.74) is 1.85. The Kier molecular flexibility index (Phi) is 6.23. The fourth-order valence-electron chi connectivity index (χ4n) is 3.31. The standard InChI is InChI=1S/C21H25FN2O2/c1-2-26-20-11-9-19(10-12-20)23-21(25)17-4-3-13-24(15-17)14-16-5-7-18(22)8-6-16/h5-12,17H,2-4,13-15H2,1H3,(H,23,25)/t17-/m1/s1. The second kappa shape index (κ2) is 8.81. The van der Waals surface area contributed by atoms with Gasteiger partial charge in [0.05, 0.1) is 12.5 Å². The van der Waals surface area contributed by atoms with E-state index >= 15 is 0 Å². The summed E-state index contributed by atoms with van der Waals surface area (Å²) < 4.78 is 18.5. The van der Waals surface area contributed by atoms with E-state index in [1.807, 2.05) is 31.2 Å². The number of anilines is 1. The molecule has 1 saturated heterocycles. The summed E-state index contributed by atoms with van der Waals surface area (Å²) in [6, 6.07) is 14.0. The molecule has 0 unspecified atom stereocenters. The summed E-state index contributed by atoms with van der Waals surface area (Å²) in [7, 11) is 0. The van der Waals surface area contributed by atoms with Gasteiger partial charge in [-0.05, 0) is 68.3 Å². The third-order valence-electron chi connectivity index (χ3n) is 4.63. The van der Waals surface area contributed by atoms with Crippen LogP contribution in [0.5, 0.6) is 5.75 Å². The summed E-state index contributed by atoms with van der Waals surface area (Å²) in [4.78, 5) is 14.9. The third-order valence-corrected chi connectivity index (χ3v) is 4.63. The highest BCUT2D eigenvalue weighted by atomic mass is 19.1. The minimum absolute atomic E-state index is 0.0317. The highest BCUT2D eigenvalue weighted by molar-refractivity contribution is 5.92. The lowest BCUT2D eigenvalue weighted by atomic mass is 9.96. The number of benzene rings is 2. The van der Waals surface area contributed by atoms with Gasteiger partial charge in [-0.15, -0.1) is 0 Å². The molecular formula is C21H25FN2O2. The number of likely N-dealkylation sites (tertiary alicyclic amines) is 1. The first kappa shape index (κ1) is 18.4. The van der Waals surface area contributed by atoms with E-state index in [0.29, 0.717) is 6.61 Å². The Morgan fingerprint density at radius 3 is 2.62 bits per heavy atom. The predicted octanol–water partition coefficient (Wildman–Crippen LogP) is 4.08. The maximum absolute atomic E-state index is 13.0. The van der Waals surface area contributed by atoms with E-state index in [9.17, 15) is 9.18 Å². The average Bonchev–Trinajstić information content (AvgIpc) is 2.66. The minimum Gasteiger partial charge on any atom is -0.494 e. The molecular weight excluding hydrogens is 331 g/mol. The van der Waals surface area contributed by atoms with Gasteiger partial charge in [0.25, 0.3) is 0 Å². The molecule has 1 atom stereocenters. The summed E-state index contributed by atoms with van der Waals surface area (Å²) >= 11 is 0. The van der Waals surface area contributed by atoms with E-state index in [2.05, 4.69) is 10.2 Å². The first-order valence-electron chi connectivity index (χ1n) is 9.14. The molecule has 5 heteroatoms. The lowest BCUT2D eigenvalue weighted by molar-refractivity contribution is -0.121. The molecule has 0 radical (unpaired) electrons. The molecule has 0 aromatic heterocycles.